The number of amides is 2. The van der Waals surface area contributed by atoms with Crippen molar-refractivity contribution < 1.29 is 23.6 Å². The Morgan fingerprint density at radius 3 is 2.44 bits per heavy atom. The molecule has 2 rings (SSSR count). The fourth-order valence-electron chi connectivity index (χ4n) is 1.56. The highest BCUT2D eigenvalue weighted by atomic mass is 19.1. The Labute approximate surface area is 99.9 Å². The van der Waals surface area contributed by atoms with Crippen LogP contribution in [0.1, 0.15) is 0 Å². The third kappa shape index (κ3) is 2.05. The van der Waals surface area contributed by atoms with E-state index in [1.165, 1.54) is 0 Å². The fourth-order valence-corrected chi connectivity index (χ4v) is 1.56. The van der Waals surface area contributed by atoms with Crippen LogP contribution in [0, 0.1) is 15.9 Å². The lowest BCUT2D eigenvalue weighted by Crippen LogP contribution is -2.46. The van der Waals surface area contributed by atoms with Gasteiger partial charge in [-0.15, -0.1) is 0 Å². The maximum Gasteiger partial charge on any atom is 0.306 e. The number of nitro groups is 1. The van der Waals surface area contributed by atoms with E-state index >= 15 is 0 Å². The number of carbonyl (C=O) groups excluding carboxylic acids is 2. The molecule has 0 spiro atoms. The number of halogens is 1. The third-order valence-electron chi connectivity index (χ3n) is 2.33. The van der Waals surface area contributed by atoms with Crippen molar-refractivity contribution in [1.82, 2.24) is 0 Å². The number of morpholine rings is 1. The second-order valence-corrected chi connectivity index (χ2v) is 3.51. The molecule has 1 aliphatic heterocycles. The molecule has 1 aliphatic rings. The molecule has 1 fully saturated rings. The molecule has 2 amide bonds. The Bertz CT molecular complexity index is 529. The molecule has 0 N–H and O–H groups in total. The zero-order valence-corrected chi connectivity index (χ0v) is 8.96. The van der Waals surface area contributed by atoms with Crippen LogP contribution in [-0.4, -0.2) is 30.0 Å². The van der Waals surface area contributed by atoms with Crippen LogP contribution in [0.25, 0.3) is 0 Å². The molecule has 0 radical (unpaired) electrons. The second kappa shape index (κ2) is 4.49. The minimum atomic E-state index is -1.03. The topological polar surface area (TPSA) is 89.8 Å². The van der Waals surface area contributed by atoms with Crippen LogP contribution in [0.4, 0.5) is 15.8 Å². The summed E-state index contributed by atoms with van der Waals surface area (Å²) in [4.78, 5) is 33.4. The molecule has 1 heterocycles. The predicted molar refractivity (Wildman–Crippen MR) is 56.4 cm³/mol. The van der Waals surface area contributed by atoms with Crippen LogP contribution in [0.3, 0.4) is 0 Å². The van der Waals surface area contributed by atoms with Gasteiger partial charge in [-0.3, -0.25) is 19.7 Å². The van der Waals surface area contributed by atoms with E-state index in [2.05, 4.69) is 0 Å². The van der Waals surface area contributed by atoms with Gasteiger partial charge in [0, 0.05) is 6.07 Å². The maximum atomic E-state index is 13.1. The standard InChI is InChI=1S/C10H7FN2O5/c11-7-2-1-6(3-8(7)13(16)17)12-9(14)4-18-5-10(12)15/h1-3H,4-5H2. The van der Waals surface area contributed by atoms with Crippen LogP contribution < -0.4 is 4.90 Å². The number of nitrogens with zero attached hydrogens (tertiary/aromatic N) is 2. The number of carbonyl (C=O) groups is 2. The van der Waals surface area contributed by atoms with Crippen molar-refractivity contribution in [2.75, 3.05) is 18.1 Å². The molecule has 0 atom stereocenters. The highest BCUT2D eigenvalue weighted by Crippen LogP contribution is 2.25. The fraction of sp³-hybridized carbons (Fsp3) is 0.200. The normalized spacial score (nSPS) is 15.9. The largest absolute Gasteiger partial charge is 0.362 e. The molecule has 1 saturated heterocycles. The van der Waals surface area contributed by atoms with Crippen molar-refractivity contribution in [3.8, 4) is 0 Å². The van der Waals surface area contributed by atoms with E-state index in [1.54, 1.807) is 0 Å². The van der Waals surface area contributed by atoms with E-state index in [1.807, 2.05) is 0 Å². The van der Waals surface area contributed by atoms with Gasteiger partial charge in [0.15, 0.2) is 0 Å². The summed E-state index contributed by atoms with van der Waals surface area (Å²) in [5.41, 5.74) is -0.832. The second-order valence-electron chi connectivity index (χ2n) is 3.51. The van der Waals surface area contributed by atoms with Gasteiger partial charge < -0.3 is 4.74 Å². The van der Waals surface area contributed by atoms with Crippen molar-refractivity contribution >= 4 is 23.2 Å². The molecular weight excluding hydrogens is 247 g/mol. The highest BCUT2D eigenvalue weighted by molar-refractivity contribution is 6.17. The van der Waals surface area contributed by atoms with Gasteiger partial charge in [0.2, 0.25) is 5.82 Å². The van der Waals surface area contributed by atoms with Crippen molar-refractivity contribution in [1.29, 1.82) is 0 Å². The van der Waals surface area contributed by atoms with Crippen LogP contribution in [0.15, 0.2) is 18.2 Å². The van der Waals surface area contributed by atoms with Crippen molar-refractivity contribution in [3.05, 3.63) is 34.1 Å². The third-order valence-corrected chi connectivity index (χ3v) is 2.33. The number of imide groups is 1. The SMILES string of the molecule is O=C1COCC(=O)N1c1ccc(F)c([N+](=O)[O-])c1. The Morgan fingerprint density at radius 2 is 1.89 bits per heavy atom. The molecule has 0 bridgehead atoms. The molecule has 94 valence electrons. The summed E-state index contributed by atoms with van der Waals surface area (Å²) in [7, 11) is 0. The first-order valence-electron chi connectivity index (χ1n) is 4.88. The summed E-state index contributed by atoms with van der Waals surface area (Å²) in [6.07, 6.45) is 0. The molecule has 0 aromatic heterocycles. The molecule has 18 heavy (non-hydrogen) atoms. The molecule has 0 saturated carbocycles. The maximum absolute atomic E-state index is 13.1. The van der Waals surface area contributed by atoms with E-state index in [0.717, 1.165) is 23.1 Å². The van der Waals surface area contributed by atoms with E-state index < -0.39 is 28.2 Å². The summed E-state index contributed by atoms with van der Waals surface area (Å²) in [5, 5.41) is 10.6. The summed E-state index contributed by atoms with van der Waals surface area (Å²) in [6.45, 7) is -0.589. The predicted octanol–water partition coefficient (Wildman–Crippen LogP) is 0.624. The summed E-state index contributed by atoms with van der Waals surface area (Å²) in [5.74, 6) is -2.32. The number of hydrogen-bond donors (Lipinski definition) is 0. The number of hydrogen-bond acceptors (Lipinski definition) is 5. The Balaban J connectivity index is 2.44. The molecule has 1 aromatic rings. The van der Waals surface area contributed by atoms with Crippen LogP contribution >= 0.6 is 0 Å². The molecule has 0 unspecified atom stereocenters. The van der Waals surface area contributed by atoms with E-state index in [0.29, 0.717) is 0 Å². The molecule has 0 aliphatic carbocycles. The Morgan fingerprint density at radius 1 is 1.28 bits per heavy atom. The number of anilines is 1. The van der Waals surface area contributed by atoms with Gasteiger partial charge in [0.25, 0.3) is 11.8 Å². The van der Waals surface area contributed by atoms with Gasteiger partial charge in [-0.2, -0.15) is 4.39 Å². The molecule has 7 nitrogen and oxygen atoms in total. The van der Waals surface area contributed by atoms with Crippen LogP contribution in [0.5, 0.6) is 0 Å². The molecular formula is C10H7FN2O5. The van der Waals surface area contributed by atoms with Crippen molar-refractivity contribution in [3.63, 3.8) is 0 Å². The van der Waals surface area contributed by atoms with Gasteiger partial charge in [0.1, 0.15) is 13.2 Å². The zero-order valence-electron chi connectivity index (χ0n) is 8.96. The molecule has 8 heteroatoms. The van der Waals surface area contributed by atoms with Crippen molar-refractivity contribution in [2.45, 2.75) is 0 Å². The van der Waals surface area contributed by atoms with Crippen molar-refractivity contribution in [2.24, 2.45) is 0 Å². The average Bonchev–Trinajstić information content (AvgIpc) is 2.30. The number of ether oxygens (including phenoxy) is 1. The van der Waals surface area contributed by atoms with E-state index in [4.69, 9.17) is 4.74 Å². The van der Waals surface area contributed by atoms with Gasteiger partial charge in [-0.1, -0.05) is 0 Å². The van der Waals surface area contributed by atoms with Gasteiger partial charge in [-0.05, 0) is 12.1 Å². The average molecular weight is 254 g/mol. The summed E-state index contributed by atoms with van der Waals surface area (Å²) < 4.78 is 17.8. The first kappa shape index (κ1) is 12.1. The first-order chi connectivity index (χ1) is 8.50. The van der Waals surface area contributed by atoms with E-state index in [9.17, 15) is 24.1 Å². The lowest BCUT2D eigenvalue weighted by molar-refractivity contribution is -0.387. The van der Waals surface area contributed by atoms with Gasteiger partial charge in [0.05, 0.1) is 10.6 Å². The first-order valence-corrected chi connectivity index (χ1v) is 4.88. The Hall–Kier alpha value is -2.35. The van der Waals surface area contributed by atoms with Gasteiger partial charge in [-0.25, -0.2) is 4.90 Å². The minimum absolute atomic E-state index is 0.0404. The molecule has 1 aromatic carbocycles. The van der Waals surface area contributed by atoms with Crippen LogP contribution in [0.2, 0.25) is 0 Å². The number of rotatable bonds is 2. The smallest absolute Gasteiger partial charge is 0.306 e. The quantitative estimate of drug-likeness (QED) is 0.438. The minimum Gasteiger partial charge on any atom is -0.362 e. The lowest BCUT2D eigenvalue weighted by atomic mass is 10.2. The number of nitro benzene ring substituents is 1. The van der Waals surface area contributed by atoms with E-state index in [-0.39, 0.29) is 18.9 Å². The van der Waals surface area contributed by atoms with Gasteiger partial charge >= 0.3 is 5.69 Å². The van der Waals surface area contributed by atoms with Crippen LogP contribution in [-0.2, 0) is 14.3 Å². The Kier molecular flexibility index (Phi) is 3.02. The zero-order chi connectivity index (χ0) is 13.3. The lowest BCUT2D eigenvalue weighted by Gasteiger charge is -2.24. The monoisotopic (exact) mass is 254 g/mol. The summed E-state index contributed by atoms with van der Waals surface area (Å²) >= 11 is 0. The highest BCUT2D eigenvalue weighted by Gasteiger charge is 2.29. The summed E-state index contributed by atoms with van der Waals surface area (Å²) in [6, 6.07) is 2.81. The number of benzene rings is 1.